The summed E-state index contributed by atoms with van der Waals surface area (Å²) < 4.78 is 5.16. The van der Waals surface area contributed by atoms with Gasteiger partial charge in [-0.05, 0) is 42.8 Å². The number of rotatable bonds is 3. The molecule has 4 atom stereocenters. The van der Waals surface area contributed by atoms with Gasteiger partial charge in [0.2, 0.25) is 0 Å². The fraction of sp³-hybridized carbons (Fsp3) is 0.318. The Morgan fingerprint density at radius 1 is 1.18 bits per heavy atom. The fourth-order valence-corrected chi connectivity index (χ4v) is 3.62. The Morgan fingerprint density at radius 2 is 1.93 bits per heavy atom. The lowest BCUT2D eigenvalue weighted by molar-refractivity contribution is -0.202. The van der Waals surface area contributed by atoms with Crippen LogP contribution < -0.4 is 0 Å². The number of ether oxygens (including phenoxy) is 1. The average molecular weight is 379 g/mol. The van der Waals surface area contributed by atoms with E-state index in [0.717, 1.165) is 16.7 Å². The van der Waals surface area contributed by atoms with Crippen LogP contribution in [0.3, 0.4) is 0 Å². The van der Waals surface area contributed by atoms with Crippen LogP contribution in [-0.2, 0) is 20.9 Å². The van der Waals surface area contributed by atoms with Crippen molar-refractivity contribution in [2.45, 2.75) is 31.7 Å². The van der Waals surface area contributed by atoms with Gasteiger partial charge in [0, 0.05) is 11.1 Å². The van der Waals surface area contributed by atoms with Crippen LogP contribution in [-0.4, -0.2) is 46.1 Å². The zero-order chi connectivity index (χ0) is 19.7. The summed E-state index contributed by atoms with van der Waals surface area (Å²) in [5.74, 6) is 5.81. The smallest absolute Gasteiger partial charge is 0.326 e. The van der Waals surface area contributed by atoms with Gasteiger partial charge in [-0.1, -0.05) is 30.0 Å². The molecule has 2 fully saturated rings. The molecule has 144 valence electrons. The monoisotopic (exact) mass is 379 g/mol. The van der Waals surface area contributed by atoms with Crippen molar-refractivity contribution in [1.29, 1.82) is 0 Å². The van der Waals surface area contributed by atoms with Crippen molar-refractivity contribution in [3.05, 3.63) is 65.2 Å². The van der Waals surface area contributed by atoms with E-state index in [0.29, 0.717) is 6.54 Å². The van der Waals surface area contributed by atoms with Gasteiger partial charge in [-0.2, -0.15) is 5.06 Å². The van der Waals surface area contributed by atoms with Crippen LogP contribution >= 0.6 is 0 Å². The van der Waals surface area contributed by atoms with E-state index in [1.807, 2.05) is 30.3 Å². The summed E-state index contributed by atoms with van der Waals surface area (Å²) in [6, 6.07) is 14.0. The molecule has 2 aromatic rings. The van der Waals surface area contributed by atoms with Crippen molar-refractivity contribution in [3.8, 4) is 17.6 Å². The van der Waals surface area contributed by atoms with Crippen LogP contribution in [0.5, 0.6) is 5.75 Å². The zero-order valence-electron chi connectivity index (χ0n) is 15.4. The van der Waals surface area contributed by atoms with Gasteiger partial charge >= 0.3 is 5.97 Å². The highest BCUT2D eigenvalue weighted by Gasteiger charge is 2.54. The third-order valence-electron chi connectivity index (χ3n) is 5.02. The Kier molecular flexibility index (Phi) is 5.05. The normalized spacial score (nSPS) is 24.9. The Balaban J connectivity index is 1.46. The van der Waals surface area contributed by atoms with E-state index in [-0.39, 0.29) is 24.2 Å². The van der Waals surface area contributed by atoms with Crippen LogP contribution in [0.1, 0.15) is 23.6 Å². The highest BCUT2D eigenvalue weighted by Crippen LogP contribution is 2.36. The second-order valence-electron chi connectivity index (χ2n) is 7.12. The molecule has 0 bridgehead atoms. The van der Waals surface area contributed by atoms with Gasteiger partial charge < -0.3 is 14.9 Å². The van der Waals surface area contributed by atoms with Crippen LogP contribution in [0.25, 0.3) is 0 Å². The minimum absolute atomic E-state index is 0.153. The van der Waals surface area contributed by atoms with Gasteiger partial charge in [0.25, 0.3) is 0 Å². The number of fused-ring (bicyclic) bond motifs is 1. The minimum Gasteiger partial charge on any atom is -0.508 e. The minimum atomic E-state index is -0.679. The quantitative estimate of drug-likeness (QED) is 0.626. The molecule has 0 aliphatic carbocycles. The molecule has 28 heavy (non-hydrogen) atoms. The maximum Gasteiger partial charge on any atom is 0.326 e. The lowest BCUT2D eigenvalue weighted by atomic mass is 9.95. The summed E-state index contributed by atoms with van der Waals surface area (Å²) in [5.41, 5.74) is 2.55. The number of aromatic hydroxyl groups is 1. The number of aliphatic hydroxyl groups excluding tert-OH is 1. The zero-order valence-corrected chi connectivity index (χ0v) is 15.4. The van der Waals surface area contributed by atoms with Crippen molar-refractivity contribution in [1.82, 2.24) is 5.06 Å². The van der Waals surface area contributed by atoms with Crippen molar-refractivity contribution in [3.63, 3.8) is 0 Å². The molecule has 0 spiro atoms. The third-order valence-corrected chi connectivity index (χ3v) is 5.02. The molecule has 2 saturated heterocycles. The molecule has 6 nitrogen and oxygen atoms in total. The number of hydrogen-bond acceptors (Lipinski definition) is 6. The number of carbonyl (C=O) groups is 1. The maximum atomic E-state index is 12.1. The number of nitrogens with zero attached hydrogens (tertiary/aromatic N) is 1. The first-order chi connectivity index (χ1) is 13.5. The molecule has 2 aromatic carbocycles. The van der Waals surface area contributed by atoms with E-state index < -0.39 is 18.2 Å². The molecule has 0 radical (unpaired) electrons. The number of benzene rings is 2. The number of carbonyl (C=O) groups excluding carboxylic acids is 1. The summed E-state index contributed by atoms with van der Waals surface area (Å²) in [4.78, 5) is 17.9. The van der Waals surface area contributed by atoms with Gasteiger partial charge in [-0.3, -0.25) is 9.63 Å². The van der Waals surface area contributed by atoms with E-state index in [1.54, 1.807) is 30.2 Å². The largest absolute Gasteiger partial charge is 0.508 e. The van der Waals surface area contributed by atoms with Gasteiger partial charge in [-0.25, -0.2) is 0 Å². The molecule has 0 aromatic heterocycles. The van der Waals surface area contributed by atoms with Crippen LogP contribution in [0.15, 0.2) is 48.5 Å². The van der Waals surface area contributed by atoms with Gasteiger partial charge in [0.05, 0.1) is 25.2 Å². The molecule has 0 amide bonds. The van der Waals surface area contributed by atoms with Crippen LogP contribution in [0.2, 0.25) is 0 Å². The second kappa shape index (κ2) is 7.64. The second-order valence-corrected chi connectivity index (χ2v) is 7.12. The predicted molar refractivity (Wildman–Crippen MR) is 101 cm³/mol. The molecule has 2 heterocycles. The molecular formula is C22H21NO5. The summed E-state index contributed by atoms with van der Waals surface area (Å²) >= 11 is 0. The molecular weight excluding hydrogens is 358 g/mol. The van der Waals surface area contributed by atoms with Crippen molar-refractivity contribution >= 4 is 5.97 Å². The van der Waals surface area contributed by atoms with Crippen molar-refractivity contribution in [2.24, 2.45) is 5.92 Å². The first kappa shape index (κ1) is 18.5. The highest BCUT2D eigenvalue weighted by atomic mass is 16.7. The number of cyclic esters (lactones) is 1. The van der Waals surface area contributed by atoms with Crippen molar-refractivity contribution < 1.29 is 24.6 Å². The number of phenolic OH excluding ortho intramolecular Hbond substituents is 1. The molecule has 2 aliphatic rings. The average Bonchev–Trinajstić information content (AvgIpc) is 3.23. The standard InChI is InChI=1S/C22H21NO5/c1-14(24)21-19-13-27-22(26)20(19)23(28-21)12-17-9-6-15(7-10-17)5-8-16-3-2-4-18(25)11-16/h2-4,6-7,9-11,14,19-21,24-25H,12-13H2,1H3/t14-,19-,20-,21-/m0/s1. The SMILES string of the molecule is C[C@H](O)[C@@H]1ON(Cc2ccc(C#Cc3cccc(O)c3)cc2)[C@@H]2C(=O)OC[C@H]12. The molecule has 2 N–H and O–H groups in total. The Bertz CT molecular complexity index is 928. The number of phenols is 1. The van der Waals surface area contributed by atoms with Gasteiger partial charge in [-0.15, -0.1) is 0 Å². The third kappa shape index (κ3) is 3.73. The molecule has 4 rings (SSSR count). The first-order valence-corrected chi connectivity index (χ1v) is 9.19. The molecule has 0 saturated carbocycles. The maximum absolute atomic E-state index is 12.1. The number of aliphatic hydroxyl groups is 1. The summed E-state index contributed by atoms with van der Waals surface area (Å²) in [5, 5.41) is 21.0. The lowest BCUT2D eigenvalue weighted by Gasteiger charge is -2.21. The van der Waals surface area contributed by atoms with E-state index in [9.17, 15) is 15.0 Å². The molecule has 6 heteroatoms. The Labute approximate surface area is 163 Å². The highest BCUT2D eigenvalue weighted by molar-refractivity contribution is 5.78. The number of hydrogen-bond donors (Lipinski definition) is 2. The Hall–Kier alpha value is -2.85. The first-order valence-electron chi connectivity index (χ1n) is 9.19. The summed E-state index contributed by atoms with van der Waals surface area (Å²) in [7, 11) is 0. The van der Waals surface area contributed by atoms with Gasteiger partial charge in [0.1, 0.15) is 17.9 Å². The van der Waals surface area contributed by atoms with Crippen LogP contribution in [0, 0.1) is 17.8 Å². The van der Waals surface area contributed by atoms with E-state index in [4.69, 9.17) is 9.57 Å². The van der Waals surface area contributed by atoms with Crippen molar-refractivity contribution in [2.75, 3.05) is 6.61 Å². The molecule has 2 aliphatic heterocycles. The molecule has 0 unspecified atom stereocenters. The number of esters is 1. The topological polar surface area (TPSA) is 79.2 Å². The van der Waals surface area contributed by atoms with E-state index in [1.165, 1.54) is 0 Å². The van der Waals surface area contributed by atoms with E-state index >= 15 is 0 Å². The summed E-state index contributed by atoms with van der Waals surface area (Å²) in [6.45, 7) is 2.35. The fourth-order valence-electron chi connectivity index (χ4n) is 3.62. The Morgan fingerprint density at radius 3 is 2.64 bits per heavy atom. The van der Waals surface area contributed by atoms with Gasteiger partial charge in [0.15, 0.2) is 0 Å². The van der Waals surface area contributed by atoms with E-state index in [2.05, 4.69) is 11.8 Å². The predicted octanol–water partition coefficient (Wildman–Crippen LogP) is 1.83. The summed E-state index contributed by atoms with van der Waals surface area (Å²) in [6.07, 6.45) is -1.12. The van der Waals surface area contributed by atoms with Crippen LogP contribution in [0.4, 0.5) is 0 Å². The lowest BCUT2D eigenvalue weighted by Crippen LogP contribution is -2.35. The number of hydroxylamine groups is 2.